The van der Waals surface area contributed by atoms with E-state index >= 15 is 0 Å². The third-order valence-electron chi connectivity index (χ3n) is 2.46. The second-order valence-corrected chi connectivity index (χ2v) is 4.04. The Morgan fingerprint density at radius 3 is 2.29 bits per heavy atom. The zero-order valence-corrected chi connectivity index (χ0v) is 10.4. The monoisotopic (exact) mass is 234 g/mol. The number of hydrogen-bond acceptors (Lipinski definition) is 2. The van der Waals surface area contributed by atoms with Gasteiger partial charge in [-0.15, -0.1) is 0 Å². The van der Waals surface area contributed by atoms with Crippen molar-refractivity contribution in [1.82, 2.24) is 5.32 Å². The first kappa shape index (κ1) is 13.2. The number of benzene rings is 1. The van der Waals surface area contributed by atoms with Gasteiger partial charge in [0.05, 0.1) is 0 Å². The smallest absolute Gasteiger partial charge is 0.251 e. The molecule has 0 aliphatic rings. The molecule has 1 rings (SSSR count). The lowest BCUT2D eigenvalue weighted by Gasteiger charge is -2.11. The lowest BCUT2D eigenvalue weighted by molar-refractivity contribution is -0.114. The lowest BCUT2D eigenvalue weighted by atomic mass is 10.1. The molecule has 0 aliphatic carbocycles. The highest BCUT2D eigenvalue weighted by Crippen LogP contribution is 2.09. The molecule has 1 atom stereocenters. The first-order valence-electron chi connectivity index (χ1n) is 5.71. The molecule has 4 nitrogen and oxygen atoms in total. The maximum Gasteiger partial charge on any atom is 0.251 e. The maximum atomic E-state index is 11.7. The minimum absolute atomic E-state index is 0.0891. The summed E-state index contributed by atoms with van der Waals surface area (Å²) in [6.07, 6.45) is 0.899. The molecule has 0 aromatic heterocycles. The van der Waals surface area contributed by atoms with Gasteiger partial charge in [0.15, 0.2) is 0 Å². The summed E-state index contributed by atoms with van der Waals surface area (Å²) in [7, 11) is 0. The van der Waals surface area contributed by atoms with E-state index < -0.39 is 0 Å². The van der Waals surface area contributed by atoms with E-state index in [1.165, 1.54) is 6.92 Å². The highest BCUT2D eigenvalue weighted by molar-refractivity contribution is 5.95. The van der Waals surface area contributed by atoms with Gasteiger partial charge in [-0.25, -0.2) is 0 Å². The van der Waals surface area contributed by atoms with Crippen LogP contribution in [0, 0.1) is 0 Å². The standard InChI is InChI=1S/C13H18N2O2/c1-4-9(2)14-13(17)11-5-7-12(8-6-11)15-10(3)16/h5-9H,4H2,1-3H3,(H,14,17)(H,15,16). The second-order valence-electron chi connectivity index (χ2n) is 4.04. The van der Waals surface area contributed by atoms with Gasteiger partial charge in [-0.2, -0.15) is 0 Å². The Labute approximate surface area is 101 Å². The summed E-state index contributed by atoms with van der Waals surface area (Å²) in [5, 5.41) is 5.53. The van der Waals surface area contributed by atoms with Crippen LogP contribution in [0.25, 0.3) is 0 Å². The lowest BCUT2D eigenvalue weighted by Crippen LogP contribution is -2.31. The molecule has 0 saturated heterocycles. The predicted molar refractivity (Wildman–Crippen MR) is 68.0 cm³/mol. The molecule has 4 heteroatoms. The van der Waals surface area contributed by atoms with E-state index in [4.69, 9.17) is 0 Å². The van der Waals surface area contributed by atoms with Crippen molar-refractivity contribution in [3.8, 4) is 0 Å². The SMILES string of the molecule is CCC(C)NC(=O)c1ccc(NC(C)=O)cc1. The van der Waals surface area contributed by atoms with Gasteiger partial charge in [0.1, 0.15) is 0 Å². The maximum absolute atomic E-state index is 11.7. The van der Waals surface area contributed by atoms with Crippen molar-refractivity contribution in [1.29, 1.82) is 0 Å². The number of anilines is 1. The summed E-state index contributed by atoms with van der Waals surface area (Å²) in [6.45, 7) is 5.43. The molecular weight excluding hydrogens is 216 g/mol. The van der Waals surface area contributed by atoms with Crippen LogP contribution in [0.1, 0.15) is 37.6 Å². The van der Waals surface area contributed by atoms with Gasteiger partial charge in [0, 0.05) is 24.2 Å². The van der Waals surface area contributed by atoms with Crippen LogP contribution in [0.2, 0.25) is 0 Å². The van der Waals surface area contributed by atoms with Gasteiger partial charge in [-0.3, -0.25) is 9.59 Å². The highest BCUT2D eigenvalue weighted by Gasteiger charge is 2.08. The number of amides is 2. The van der Waals surface area contributed by atoms with E-state index in [2.05, 4.69) is 10.6 Å². The topological polar surface area (TPSA) is 58.2 Å². The highest BCUT2D eigenvalue weighted by atomic mass is 16.2. The number of rotatable bonds is 4. The fourth-order valence-corrected chi connectivity index (χ4v) is 1.32. The molecule has 0 saturated carbocycles. The number of carbonyl (C=O) groups excluding carboxylic acids is 2. The molecule has 0 bridgehead atoms. The normalized spacial score (nSPS) is 11.7. The van der Waals surface area contributed by atoms with Crippen molar-refractivity contribution in [2.24, 2.45) is 0 Å². The largest absolute Gasteiger partial charge is 0.350 e. The fraction of sp³-hybridized carbons (Fsp3) is 0.385. The van der Waals surface area contributed by atoms with E-state index in [1.807, 2.05) is 13.8 Å². The molecule has 0 heterocycles. The molecule has 0 fully saturated rings. The molecule has 1 unspecified atom stereocenters. The second kappa shape index (κ2) is 6.03. The first-order chi connectivity index (χ1) is 8.02. The third kappa shape index (κ3) is 4.26. The van der Waals surface area contributed by atoms with Crippen molar-refractivity contribution in [2.45, 2.75) is 33.2 Å². The van der Waals surface area contributed by atoms with Crippen LogP contribution in [-0.2, 0) is 4.79 Å². The molecule has 0 radical (unpaired) electrons. The average molecular weight is 234 g/mol. The van der Waals surface area contributed by atoms with Gasteiger partial charge < -0.3 is 10.6 Å². The number of nitrogens with one attached hydrogen (secondary N) is 2. The van der Waals surface area contributed by atoms with Crippen molar-refractivity contribution in [3.63, 3.8) is 0 Å². The van der Waals surface area contributed by atoms with Gasteiger partial charge >= 0.3 is 0 Å². The van der Waals surface area contributed by atoms with Crippen LogP contribution in [0.5, 0.6) is 0 Å². The number of hydrogen-bond donors (Lipinski definition) is 2. The summed E-state index contributed by atoms with van der Waals surface area (Å²) < 4.78 is 0. The molecule has 0 spiro atoms. The Morgan fingerprint density at radius 1 is 1.24 bits per heavy atom. The summed E-state index contributed by atoms with van der Waals surface area (Å²) >= 11 is 0. The quantitative estimate of drug-likeness (QED) is 0.838. The molecule has 1 aromatic carbocycles. The summed E-state index contributed by atoms with van der Waals surface area (Å²) in [6, 6.07) is 6.99. The molecule has 1 aromatic rings. The van der Waals surface area contributed by atoms with Gasteiger partial charge in [-0.1, -0.05) is 6.92 Å². The van der Waals surface area contributed by atoms with E-state index in [-0.39, 0.29) is 17.9 Å². The Kier molecular flexibility index (Phi) is 4.69. The molecule has 2 amide bonds. The Balaban J connectivity index is 2.67. The average Bonchev–Trinajstić information content (AvgIpc) is 2.28. The first-order valence-corrected chi connectivity index (χ1v) is 5.71. The van der Waals surface area contributed by atoms with Crippen molar-refractivity contribution in [3.05, 3.63) is 29.8 Å². The molecule has 17 heavy (non-hydrogen) atoms. The summed E-state index contributed by atoms with van der Waals surface area (Å²) in [5.41, 5.74) is 1.29. The van der Waals surface area contributed by atoms with Crippen molar-refractivity contribution in [2.75, 3.05) is 5.32 Å². The summed E-state index contributed by atoms with van der Waals surface area (Å²) in [4.78, 5) is 22.6. The van der Waals surface area contributed by atoms with Crippen molar-refractivity contribution >= 4 is 17.5 Å². The van der Waals surface area contributed by atoms with Gasteiger partial charge in [0.2, 0.25) is 5.91 Å². The van der Waals surface area contributed by atoms with E-state index in [9.17, 15) is 9.59 Å². The Morgan fingerprint density at radius 2 is 1.82 bits per heavy atom. The summed E-state index contributed by atoms with van der Waals surface area (Å²) in [5.74, 6) is -0.212. The zero-order valence-electron chi connectivity index (χ0n) is 10.4. The van der Waals surface area contributed by atoms with Gasteiger partial charge in [0.25, 0.3) is 5.91 Å². The van der Waals surface area contributed by atoms with E-state index in [0.717, 1.165) is 6.42 Å². The van der Waals surface area contributed by atoms with Crippen LogP contribution < -0.4 is 10.6 Å². The van der Waals surface area contributed by atoms with E-state index in [0.29, 0.717) is 11.3 Å². The van der Waals surface area contributed by atoms with Crippen molar-refractivity contribution < 1.29 is 9.59 Å². The van der Waals surface area contributed by atoms with Crippen LogP contribution in [-0.4, -0.2) is 17.9 Å². The van der Waals surface area contributed by atoms with Gasteiger partial charge in [-0.05, 0) is 37.6 Å². The van der Waals surface area contributed by atoms with Crippen LogP contribution in [0.4, 0.5) is 5.69 Å². The predicted octanol–water partition coefficient (Wildman–Crippen LogP) is 2.17. The Hall–Kier alpha value is -1.84. The molecule has 2 N–H and O–H groups in total. The zero-order chi connectivity index (χ0) is 12.8. The molecular formula is C13H18N2O2. The Bertz CT molecular complexity index is 398. The third-order valence-corrected chi connectivity index (χ3v) is 2.46. The molecule has 92 valence electrons. The van der Waals surface area contributed by atoms with E-state index in [1.54, 1.807) is 24.3 Å². The molecule has 0 aliphatic heterocycles. The minimum Gasteiger partial charge on any atom is -0.350 e. The van der Waals surface area contributed by atoms with Crippen LogP contribution in [0.15, 0.2) is 24.3 Å². The van der Waals surface area contributed by atoms with Crippen LogP contribution in [0.3, 0.4) is 0 Å². The minimum atomic E-state index is -0.123. The van der Waals surface area contributed by atoms with Crippen LogP contribution >= 0.6 is 0 Å². The fourth-order valence-electron chi connectivity index (χ4n) is 1.32. The number of carbonyl (C=O) groups is 2.